The van der Waals surface area contributed by atoms with Gasteiger partial charge in [-0.15, -0.1) is 0 Å². The quantitative estimate of drug-likeness (QED) is 0.488. The van der Waals surface area contributed by atoms with E-state index < -0.39 is 12.1 Å². The number of para-hydroxylation sites is 1. The third-order valence-electron chi connectivity index (χ3n) is 3.95. The van der Waals surface area contributed by atoms with Crippen LogP contribution in [0.5, 0.6) is 5.75 Å². The predicted molar refractivity (Wildman–Crippen MR) is 98.4 cm³/mol. The minimum atomic E-state index is -1.03. The third-order valence-corrected chi connectivity index (χ3v) is 3.95. The van der Waals surface area contributed by atoms with Crippen LogP contribution >= 0.6 is 0 Å². The second-order valence-electron chi connectivity index (χ2n) is 5.63. The molecule has 0 spiro atoms. The van der Waals surface area contributed by atoms with E-state index in [4.69, 9.17) is 9.47 Å². The number of methoxy groups -OCH3 is 1. The zero-order valence-corrected chi connectivity index (χ0v) is 14.3. The molecule has 3 rings (SSSR count). The Bertz CT molecular complexity index is 888. The molecule has 26 heavy (non-hydrogen) atoms. The molecule has 1 atom stereocenters. The van der Waals surface area contributed by atoms with E-state index in [0.29, 0.717) is 16.9 Å². The van der Waals surface area contributed by atoms with Crippen LogP contribution in [0.3, 0.4) is 0 Å². The molecule has 0 aliphatic rings. The number of hydrogen-bond donors (Lipinski definition) is 0. The molecule has 0 radical (unpaired) electrons. The highest BCUT2D eigenvalue weighted by Gasteiger charge is 2.27. The van der Waals surface area contributed by atoms with Gasteiger partial charge in [0.1, 0.15) is 11.3 Å². The molecule has 0 saturated carbocycles. The lowest BCUT2D eigenvalue weighted by Gasteiger charge is -2.18. The van der Waals surface area contributed by atoms with Crippen molar-refractivity contribution in [2.75, 3.05) is 7.11 Å². The van der Waals surface area contributed by atoms with Crippen LogP contribution in [0, 0.1) is 0 Å². The van der Waals surface area contributed by atoms with Crippen LogP contribution < -0.4 is 4.74 Å². The summed E-state index contributed by atoms with van der Waals surface area (Å²) in [4.78, 5) is 25.6. The molecule has 0 saturated heterocycles. The van der Waals surface area contributed by atoms with Crippen molar-refractivity contribution < 1.29 is 19.1 Å². The van der Waals surface area contributed by atoms with E-state index in [2.05, 4.69) is 0 Å². The van der Waals surface area contributed by atoms with Crippen molar-refractivity contribution in [3.63, 3.8) is 0 Å². The van der Waals surface area contributed by atoms with Crippen molar-refractivity contribution >= 4 is 11.8 Å². The maximum absolute atomic E-state index is 13.0. The monoisotopic (exact) mass is 346 g/mol. The molecular formula is C22H18O4. The number of esters is 1. The van der Waals surface area contributed by atoms with E-state index in [1.54, 1.807) is 72.8 Å². The molecule has 0 bridgehead atoms. The second-order valence-corrected chi connectivity index (χ2v) is 5.63. The average molecular weight is 346 g/mol. The predicted octanol–water partition coefficient (Wildman–Crippen LogP) is 4.48. The molecule has 0 aromatic heterocycles. The van der Waals surface area contributed by atoms with Crippen LogP contribution in [-0.2, 0) is 4.74 Å². The Balaban J connectivity index is 1.94. The summed E-state index contributed by atoms with van der Waals surface area (Å²) < 4.78 is 10.8. The Morgan fingerprint density at radius 3 is 2.00 bits per heavy atom. The molecule has 0 N–H and O–H groups in total. The van der Waals surface area contributed by atoms with Crippen molar-refractivity contribution in [2.24, 2.45) is 0 Å². The lowest BCUT2D eigenvalue weighted by Crippen LogP contribution is -2.20. The molecular weight excluding hydrogens is 328 g/mol. The van der Waals surface area contributed by atoms with Gasteiger partial charge in [-0.3, -0.25) is 4.79 Å². The minimum Gasteiger partial charge on any atom is -0.496 e. The van der Waals surface area contributed by atoms with Crippen molar-refractivity contribution in [2.45, 2.75) is 6.10 Å². The Morgan fingerprint density at radius 2 is 1.35 bits per heavy atom. The lowest BCUT2D eigenvalue weighted by molar-refractivity contribution is 0.0277. The summed E-state index contributed by atoms with van der Waals surface area (Å²) >= 11 is 0. The van der Waals surface area contributed by atoms with Crippen LogP contribution in [0.4, 0.5) is 0 Å². The summed E-state index contributed by atoms with van der Waals surface area (Å²) in [7, 11) is 1.48. The van der Waals surface area contributed by atoms with Crippen LogP contribution in [-0.4, -0.2) is 18.9 Å². The molecule has 0 aliphatic carbocycles. The summed E-state index contributed by atoms with van der Waals surface area (Å²) in [5, 5.41) is 0. The minimum absolute atomic E-state index is 0.275. The number of ether oxygens (including phenoxy) is 2. The van der Waals surface area contributed by atoms with Gasteiger partial charge in [-0.1, -0.05) is 72.8 Å². The molecule has 4 nitrogen and oxygen atoms in total. The van der Waals surface area contributed by atoms with E-state index in [9.17, 15) is 9.59 Å². The van der Waals surface area contributed by atoms with Gasteiger partial charge in [0.15, 0.2) is 6.10 Å². The molecule has 0 heterocycles. The fourth-order valence-corrected chi connectivity index (χ4v) is 2.64. The first-order valence-corrected chi connectivity index (χ1v) is 8.19. The van der Waals surface area contributed by atoms with Gasteiger partial charge in [0.2, 0.25) is 5.78 Å². The Morgan fingerprint density at radius 1 is 0.769 bits per heavy atom. The highest BCUT2D eigenvalue weighted by Crippen LogP contribution is 2.26. The largest absolute Gasteiger partial charge is 0.496 e. The Hall–Kier alpha value is -3.40. The summed E-state index contributed by atoms with van der Waals surface area (Å²) in [6, 6.07) is 24.5. The third kappa shape index (κ3) is 3.81. The first kappa shape index (κ1) is 17.4. The van der Waals surface area contributed by atoms with Gasteiger partial charge in [0.05, 0.1) is 7.11 Å². The Kier molecular flexibility index (Phi) is 5.44. The van der Waals surface area contributed by atoms with Crippen molar-refractivity contribution in [1.82, 2.24) is 0 Å². The highest BCUT2D eigenvalue weighted by atomic mass is 16.5. The van der Waals surface area contributed by atoms with Crippen LogP contribution in [0.15, 0.2) is 84.9 Å². The number of hydrogen-bond acceptors (Lipinski definition) is 4. The number of Topliss-reactive ketones (excluding diaryl/α,β-unsaturated/α-hetero) is 1. The SMILES string of the molecule is COc1ccccc1C(=O)O[C@H](C(=O)c1ccccc1)c1ccccc1. The van der Waals surface area contributed by atoms with Crippen LogP contribution in [0.2, 0.25) is 0 Å². The van der Waals surface area contributed by atoms with E-state index in [0.717, 1.165) is 0 Å². The first-order chi connectivity index (χ1) is 12.7. The molecule has 0 unspecified atom stereocenters. The molecule has 3 aromatic rings. The molecule has 0 aliphatic heterocycles. The summed E-state index contributed by atoms with van der Waals surface area (Å²) in [6.07, 6.45) is -1.03. The van der Waals surface area contributed by atoms with Gasteiger partial charge >= 0.3 is 5.97 Å². The van der Waals surface area contributed by atoms with Crippen molar-refractivity contribution in [3.8, 4) is 5.75 Å². The van der Waals surface area contributed by atoms with E-state index >= 15 is 0 Å². The van der Waals surface area contributed by atoms with Crippen molar-refractivity contribution in [1.29, 1.82) is 0 Å². The smallest absolute Gasteiger partial charge is 0.342 e. The van der Waals surface area contributed by atoms with Crippen LogP contribution in [0.1, 0.15) is 32.4 Å². The number of ketones is 1. The maximum Gasteiger partial charge on any atom is 0.342 e. The molecule has 0 fully saturated rings. The van der Waals surface area contributed by atoms with Crippen LogP contribution in [0.25, 0.3) is 0 Å². The summed E-state index contributed by atoms with van der Waals surface area (Å²) in [6.45, 7) is 0. The maximum atomic E-state index is 13.0. The fraction of sp³-hybridized carbons (Fsp3) is 0.0909. The van der Waals surface area contributed by atoms with E-state index in [1.165, 1.54) is 7.11 Å². The van der Waals surface area contributed by atoms with Gasteiger partial charge in [-0.2, -0.15) is 0 Å². The molecule has 0 amide bonds. The second kappa shape index (κ2) is 8.12. The summed E-state index contributed by atoms with van der Waals surface area (Å²) in [5.41, 5.74) is 1.37. The first-order valence-electron chi connectivity index (χ1n) is 8.19. The van der Waals surface area contributed by atoms with Gasteiger partial charge in [-0.25, -0.2) is 4.79 Å². The average Bonchev–Trinajstić information content (AvgIpc) is 2.72. The molecule has 4 heteroatoms. The highest BCUT2D eigenvalue weighted by molar-refractivity contribution is 6.02. The normalized spacial score (nSPS) is 11.4. The Labute approximate surface area is 152 Å². The zero-order valence-electron chi connectivity index (χ0n) is 14.3. The topological polar surface area (TPSA) is 52.6 Å². The summed E-state index contributed by atoms with van der Waals surface area (Å²) in [5.74, 6) is -0.489. The molecule has 130 valence electrons. The van der Waals surface area contributed by atoms with Gasteiger partial charge in [0, 0.05) is 11.1 Å². The van der Waals surface area contributed by atoms with Crippen molar-refractivity contribution in [3.05, 3.63) is 102 Å². The number of carbonyl (C=O) groups excluding carboxylic acids is 2. The van der Waals surface area contributed by atoms with E-state index in [-0.39, 0.29) is 11.3 Å². The fourth-order valence-electron chi connectivity index (χ4n) is 2.64. The van der Waals surface area contributed by atoms with Gasteiger partial charge in [0.25, 0.3) is 0 Å². The van der Waals surface area contributed by atoms with E-state index in [1.807, 2.05) is 12.1 Å². The molecule has 3 aromatic carbocycles. The lowest BCUT2D eigenvalue weighted by atomic mass is 9.99. The van der Waals surface area contributed by atoms with Gasteiger partial charge in [-0.05, 0) is 12.1 Å². The number of rotatable bonds is 6. The standard InChI is InChI=1S/C22H18O4/c1-25-19-15-9-8-14-18(19)22(24)26-21(17-12-6-3-7-13-17)20(23)16-10-4-2-5-11-16/h2-15,21H,1H3/t21-/m0/s1. The van der Waals surface area contributed by atoms with Gasteiger partial charge < -0.3 is 9.47 Å². The number of benzene rings is 3. The zero-order chi connectivity index (χ0) is 18.4. The number of carbonyl (C=O) groups is 2.